The fourth-order valence-corrected chi connectivity index (χ4v) is 2.36. The van der Waals surface area contributed by atoms with Crippen LogP contribution in [0.2, 0.25) is 0 Å². The molecule has 0 aliphatic heterocycles. The van der Waals surface area contributed by atoms with Gasteiger partial charge in [-0.25, -0.2) is 0 Å². The van der Waals surface area contributed by atoms with Gasteiger partial charge in [0.2, 0.25) is 5.91 Å². The average molecular weight is 334 g/mol. The number of aryl methyl sites for hydroxylation is 1. The molecule has 2 aromatic rings. The van der Waals surface area contributed by atoms with E-state index in [4.69, 9.17) is 10.8 Å². The quantitative estimate of drug-likeness (QED) is 0.873. The number of halogens is 1. The number of nitrogens with one attached hydrogen (secondary N) is 1. The first-order chi connectivity index (χ1) is 9.63. The molecule has 0 bridgehead atoms. The maximum Gasteiger partial charge on any atom is 0.221 e. The number of carbonyl (C=O) groups excluding carboxylic acids is 1. The standard InChI is InChI=1S/C15H12BrNO3/c1-2-8-17-13(18)7-6-10-9-20-12-5-3-4-11(16)14(12)15(10)19/h1,3-5,9H,6-8H2,(H,17,18). The van der Waals surface area contributed by atoms with Crippen molar-refractivity contribution in [2.45, 2.75) is 12.8 Å². The number of carbonyl (C=O) groups is 1. The van der Waals surface area contributed by atoms with Crippen molar-refractivity contribution in [3.8, 4) is 12.3 Å². The molecule has 20 heavy (non-hydrogen) atoms. The number of rotatable bonds is 4. The average Bonchev–Trinajstić information content (AvgIpc) is 2.44. The molecular weight excluding hydrogens is 322 g/mol. The molecule has 5 heteroatoms. The predicted molar refractivity (Wildman–Crippen MR) is 80.3 cm³/mol. The predicted octanol–water partition coefficient (Wildman–Crippen LogP) is 2.24. The normalized spacial score (nSPS) is 10.2. The second-order valence-corrected chi connectivity index (χ2v) is 5.04. The van der Waals surface area contributed by atoms with E-state index in [0.717, 1.165) is 0 Å². The van der Waals surface area contributed by atoms with Crippen molar-refractivity contribution in [1.29, 1.82) is 0 Å². The molecule has 2 rings (SSSR count). The Morgan fingerprint density at radius 1 is 1.45 bits per heavy atom. The summed E-state index contributed by atoms with van der Waals surface area (Å²) in [5.41, 5.74) is 0.869. The van der Waals surface area contributed by atoms with Crippen molar-refractivity contribution in [2.24, 2.45) is 0 Å². The van der Waals surface area contributed by atoms with Gasteiger partial charge in [-0.15, -0.1) is 6.42 Å². The van der Waals surface area contributed by atoms with Crippen LogP contribution >= 0.6 is 15.9 Å². The Bertz CT molecular complexity index is 743. The number of fused-ring (bicyclic) bond motifs is 1. The molecular formula is C15H12BrNO3. The first kappa shape index (κ1) is 14.4. The molecule has 102 valence electrons. The largest absolute Gasteiger partial charge is 0.464 e. The molecule has 0 atom stereocenters. The maximum absolute atomic E-state index is 12.3. The third-order valence-corrected chi connectivity index (χ3v) is 3.49. The third-order valence-electron chi connectivity index (χ3n) is 2.83. The first-order valence-corrected chi connectivity index (χ1v) is 6.82. The summed E-state index contributed by atoms with van der Waals surface area (Å²) in [6.45, 7) is 0.191. The van der Waals surface area contributed by atoms with E-state index in [1.165, 1.54) is 6.26 Å². The molecule has 0 radical (unpaired) electrons. The van der Waals surface area contributed by atoms with E-state index in [1.54, 1.807) is 18.2 Å². The summed E-state index contributed by atoms with van der Waals surface area (Å²) in [4.78, 5) is 23.8. The van der Waals surface area contributed by atoms with Crippen molar-refractivity contribution in [1.82, 2.24) is 5.32 Å². The molecule has 0 unspecified atom stereocenters. The third kappa shape index (κ3) is 3.09. The van der Waals surface area contributed by atoms with Crippen molar-refractivity contribution in [2.75, 3.05) is 6.54 Å². The molecule has 0 saturated heterocycles. The summed E-state index contributed by atoms with van der Waals surface area (Å²) < 4.78 is 6.11. The van der Waals surface area contributed by atoms with Crippen molar-refractivity contribution < 1.29 is 9.21 Å². The van der Waals surface area contributed by atoms with Crippen molar-refractivity contribution in [3.63, 3.8) is 0 Å². The number of hydrogen-bond acceptors (Lipinski definition) is 3. The van der Waals surface area contributed by atoms with Gasteiger partial charge in [0.1, 0.15) is 5.58 Å². The summed E-state index contributed by atoms with van der Waals surface area (Å²) in [6.07, 6.45) is 6.97. The van der Waals surface area contributed by atoms with E-state index in [1.807, 2.05) is 0 Å². The lowest BCUT2D eigenvalue weighted by molar-refractivity contribution is -0.120. The molecule has 1 aromatic heterocycles. The minimum absolute atomic E-state index is 0.122. The van der Waals surface area contributed by atoms with E-state index in [9.17, 15) is 9.59 Å². The van der Waals surface area contributed by atoms with Crippen LogP contribution < -0.4 is 10.7 Å². The van der Waals surface area contributed by atoms with E-state index in [0.29, 0.717) is 27.4 Å². The van der Waals surface area contributed by atoms with Gasteiger partial charge in [0.15, 0.2) is 5.43 Å². The summed E-state index contributed by atoms with van der Waals surface area (Å²) in [5.74, 6) is 2.14. The van der Waals surface area contributed by atoms with Gasteiger partial charge in [-0.2, -0.15) is 0 Å². The number of terminal acetylenes is 1. The molecule has 4 nitrogen and oxygen atoms in total. The zero-order valence-electron chi connectivity index (χ0n) is 10.6. The molecule has 0 spiro atoms. The Balaban J connectivity index is 2.22. The Kier molecular flexibility index (Phi) is 4.59. The first-order valence-electron chi connectivity index (χ1n) is 6.02. The zero-order valence-corrected chi connectivity index (χ0v) is 12.2. The van der Waals surface area contributed by atoms with Gasteiger partial charge in [-0.1, -0.05) is 12.0 Å². The van der Waals surface area contributed by atoms with Gasteiger partial charge < -0.3 is 9.73 Å². The topological polar surface area (TPSA) is 59.3 Å². The molecule has 1 amide bonds. The number of benzene rings is 1. The summed E-state index contributed by atoms with van der Waals surface area (Å²) >= 11 is 3.33. The minimum atomic E-state index is -0.186. The molecule has 1 N–H and O–H groups in total. The van der Waals surface area contributed by atoms with Crippen LogP contribution in [0.1, 0.15) is 12.0 Å². The van der Waals surface area contributed by atoms with Crippen LogP contribution in [0, 0.1) is 12.3 Å². The SMILES string of the molecule is C#CCNC(=O)CCc1coc2cccc(Br)c2c1=O. The molecule has 0 saturated carbocycles. The lowest BCUT2D eigenvalue weighted by Gasteiger charge is -2.04. The fourth-order valence-electron chi connectivity index (χ4n) is 1.83. The Morgan fingerprint density at radius 2 is 2.25 bits per heavy atom. The Hall–Kier alpha value is -2.06. The smallest absolute Gasteiger partial charge is 0.221 e. The summed E-state index contributed by atoms with van der Waals surface area (Å²) in [6, 6.07) is 5.30. The Labute approximate surface area is 124 Å². The maximum atomic E-state index is 12.3. The van der Waals surface area contributed by atoms with Crippen LogP contribution in [-0.4, -0.2) is 12.5 Å². The van der Waals surface area contributed by atoms with Crippen LogP contribution in [0.15, 0.2) is 38.1 Å². The molecule has 1 aromatic carbocycles. The highest BCUT2D eigenvalue weighted by Gasteiger charge is 2.11. The zero-order chi connectivity index (χ0) is 14.5. The molecule has 1 heterocycles. The van der Waals surface area contributed by atoms with Crippen LogP contribution in [-0.2, 0) is 11.2 Å². The number of hydrogen-bond donors (Lipinski definition) is 1. The van der Waals surface area contributed by atoms with Gasteiger partial charge in [-0.05, 0) is 34.5 Å². The molecule has 0 fully saturated rings. The van der Waals surface area contributed by atoms with Gasteiger partial charge in [-0.3, -0.25) is 9.59 Å². The highest BCUT2D eigenvalue weighted by molar-refractivity contribution is 9.10. The van der Waals surface area contributed by atoms with Crippen LogP contribution in [0.4, 0.5) is 0 Å². The van der Waals surface area contributed by atoms with Crippen LogP contribution in [0.25, 0.3) is 11.0 Å². The van der Waals surface area contributed by atoms with Gasteiger partial charge in [0.05, 0.1) is 18.2 Å². The minimum Gasteiger partial charge on any atom is -0.464 e. The fraction of sp³-hybridized carbons (Fsp3) is 0.200. The highest BCUT2D eigenvalue weighted by atomic mass is 79.9. The monoisotopic (exact) mass is 333 g/mol. The lowest BCUT2D eigenvalue weighted by atomic mass is 10.1. The molecule has 0 aliphatic carbocycles. The summed E-state index contributed by atoms with van der Waals surface area (Å²) in [5, 5.41) is 3.05. The lowest BCUT2D eigenvalue weighted by Crippen LogP contribution is -2.24. The van der Waals surface area contributed by atoms with E-state index < -0.39 is 0 Å². The van der Waals surface area contributed by atoms with Gasteiger partial charge in [0, 0.05) is 16.5 Å². The second kappa shape index (κ2) is 6.40. The molecule has 0 aliphatic rings. The highest BCUT2D eigenvalue weighted by Crippen LogP contribution is 2.21. The van der Waals surface area contributed by atoms with E-state index in [-0.39, 0.29) is 24.3 Å². The van der Waals surface area contributed by atoms with Crippen molar-refractivity contribution >= 4 is 32.8 Å². The van der Waals surface area contributed by atoms with Gasteiger partial charge >= 0.3 is 0 Å². The van der Waals surface area contributed by atoms with Crippen LogP contribution in [0.3, 0.4) is 0 Å². The van der Waals surface area contributed by atoms with Gasteiger partial charge in [0.25, 0.3) is 0 Å². The van der Waals surface area contributed by atoms with Crippen molar-refractivity contribution in [3.05, 3.63) is 44.7 Å². The Morgan fingerprint density at radius 3 is 3.00 bits per heavy atom. The van der Waals surface area contributed by atoms with E-state index >= 15 is 0 Å². The number of amides is 1. The van der Waals surface area contributed by atoms with E-state index in [2.05, 4.69) is 27.2 Å². The van der Waals surface area contributed by atoms with Crippen LogP contribution in [0.5, 0.6) is 0 Å². The summed E-state index contributed by atoms with van der Waals surface area (Å²) in [7, 11) is 0. The second-order valence-electron chi connectivity index (χ2n) is 4.18.